The highest BCUT2D eigenvalue weighted by Gasteiger charge is 2.25. The van der Waals surface area contributed by atoms with Crippen molar-refractivity contribution in [2.75, 3.05) is 18.6 Å². The van der Waals surface area contributed by atoms with Crippen LogP contribution in [0.2, 0.25) is 5.02 Å². The maximum atomic E-state index is 12.8. The van der Waals surface area contributed by atoms with Gasteiger partial charge in [-0.05, 0) is 47.9 Å². The van der Waals surface area contributed by atoms with E-state index in [2.05, 4.69) is 10.1 Å². The Balaban J connectivity index is 1.53. The molecule has 1 aromatic heterocycles. The first-order valence-corrected chi connectivity index (χ1v) is 8.99. The van der Waals surface area contributed by atoms with E-state index in [1.807, 2.05) is 29.2 Å². The van der Waals surface area contributed by atoms with Gasteiger partial charge in [-0.3, -0.25) is 4.79 Å². The lowest BCUT2D eigenvalue weighted by atomic mass is 10.1. The molecule has 0 saturated heterocycles. The molecule has 0 unspecified atom stereocenters. The summed E-state index contributed by atoms with van der Waals surface area (Å²) in [5.74, 6) is 1.73. The second kappa shape index (κ2) is 7.04. The lowest BCUT2D eigenvalue weighted by Gasteiger charge is -2.18. The normalized spacial score (nSPS) is 12.9. The van der Waals surface area contributed by atoms with Crippen LogP contribution >= 0.6 is 11.6 Å². The number of halogens is 1. The quantitative estimate of drug-likeness (QED) is 0.684. The molecule has 0 fully saturated rings. The molecule has 1 aliphatic heterocycles. The monoisotopic (exact) mass is 383 g/mol. The van der Waals surface area contributed by atoms with Crippen LogP contribution in [0.3, 0.4) is 0 Å². The lowest BCUT2D eigenvalue weighted by molar-refractivity contribution is -0.117. The molecule has 0 spiro atoms. The van der Waals surface area contributed by atoms with E-state index in [9.17, 15) is 4.79 Å². The van der Waals surface area contributed by atoms with Gasteiger partial charge >= 0.3 is 0 Å². The molecule has 1 amide bonds. The molecule has 0 N–H and O–H groups in total. The number of fused-ring (bicyclic) bond motifs is 1. The number of aromatic nitrogens is 2. The largest absolute Gasteiger partial charge is 0.495 e. The SMILES string of the molecule is COc1ccc(CC(=O)N2CCc3cc(-c4noc(C)n4)ccc32)cc1Cl. The fourth-order valence-corrected chi connectivity index (χ4v) is 3.59. The van der Waals surface area contributed by atoms with Gasteiger partial charge in [0.1, 0.15) is 5.75 Å². The number of methoxy groups -OCH3 is 1. The second-order valence-electron chi connectivity index (χ2n) is 6.42. The molecule has 0 aliphatic carbocycles. The van der Waals surface area contributed by atoms with Crippen molar-refractivity contribution in [1.82, 2.24) is 10.1 Å². The minimum Gasteiger partial charge on any atom is -0.495 e. The van der Waals surface area contributed by atoms with E-state index in [0.717, 1.165) is 28.8 Å². The smallest absolute Gasteiger partial charge is 0.231 e. The number of anilines is 1. The van der Waals surface area contributed by atoms with Gasteiger partial charge in [0, 0.05) is 24.7 Å². The summed E-state index contributed by atoms with van der Waals surface area (Å²) >= 11 is 6.16. The van der Waals surface area contributed by atoms with Crippen molar-refractivity contribution in [1.29, 1.82) is 0 Å². The summed E-state index contributed by atoms with van der Waals surface area (Å²) in [6.07, 6.45) is 1.09. The summed E-state index contributed by atoms with van der Waals surface area (Å²) in [4.78, 5) is 18.9. The van der Waals surface area contributed by atoms with Gasteiger partial charge in [-0.2, -0.15) is 4.98 Å². The highest BCUT2D eigenvalue weighted by Crippen LogP contribution is 2.32. The zero-order chi connectivity index (χ0) is 19.0. The third kappa shape index (κ3) is 3.40. The molecule has 0 saturated carbocycles. The molecule has 0 atom stereocenters. The second-order valence-corrected chi connectivity index (χ2v) is 6.83. The third-order valence-electron chi connectivity index (χ3n) is 4.63. The Hall–Kier alpha value is -2.86. The predicted molar refractivity (Wildman–Crippen MR) is 102 cm³/mol. The highest BCUT2D eigenvalue weighted by atomic mass is 35.5. The van der Waals surface area contributed by atoms with Crippen LogP contribution in [0.1, 0.15) is 17.0 Å². The summed E-state index contributed by atoms with van der Waals surface area (Å²) in [7, 11) is 1.57. The lowest BCUT2D eigenvalue weighted by Crippen LogP contribution is -2.30. The highest BCUT2D eigenvalue weighted by molar-refractivity contribution is 6.32. The summed E-state index contributed by atoms with van der Waals surface area (Å²) < 4.78 is 10.2. The average molecular weight is 384 g/mol. The Kier molecular flexibility index (Phi) is 4.58. The summed E-state index contributed by atoms with van der Waals surface area (Å²) in [5, 5.41) is 4.46. The fourth-order valence-electron chi connectivity index (χ4n) is 3.31. The van der Waals surface area contributed by atoms with E-state index in [4.69, 9.17) is 20.9 Å². The zero-order valence-electron chi connectivity index (χ0n) is 15.0. The van der Waals surface area contributed by atoms with E-state index in [0.29, 0.717) is 29.0 Å². The van der Waals surface area contributed by atoms with Crippen molar-refractivity contribution < 1.29 is 14.1 Å². The van der Waals surface area contributed by atoms with Crippen molar-refractivity contribution >= 4 is 23.2 Å². The Bertz CT molecular complexity index is 1020. The number of carbonyl (C=O) groups excluding carboxylic acids is 1. The van der Waals surface area contributed by atoms with Gasteiger partial charge < -0.3 is 14.2 Å². The van der Waals surface area contributed by atoms with Crippen LogP contribution < -0.4 is 9.64 Å². The van der Waals surface area contributed by atoms with Gasteiger partial charge in [-0.25, -0.2) is 0 Å². The van der Waals surface area contributed by atoms with E-state index in [-0.39, 0.29) is 12.3 Å². The molecule has 0 bridgehead atoms. The summed E-state index contributed by atoms with van der Waals surface area (Å²) in [5.41, 5.74) is 3.79. The first-order valence-electron chi connectivity index (χ1n) is 8.61. The first kappa shape index (κ1) is 17.5. The van der Waals surface area contributed by atoms with Crippen molar-refractivity contribution in [3.63, 3.8) is 0 Å². The minimum absolute atomic E-state index is 0.0399. The molecule has 6 nitrogen and oxygen atoms in total. The summed E-state index contributed by atoms with van der Waals surface area (Å²) in [6, 6.07) is 11.3. The molecule has 138 valence electrons. The van der Waals surface area contributed by atoms with Crippen LogP contribution in [0.5, 0.6) is 5.75 Å². The Labute approximate surface area is 161 Å². The van der Waals surface area contributed by atoms with Crippen molar-refractivity contribution in [2.24, 2.45) is 0 Å². The van der Waals surface area contributed by atoms with E-state index in [1.54, 1.807) is 26.2 Å². The van der Waals surface area contributed by atoms with Crippen LogP contribution in [0.4, 0.5) is 5.69 Å². The number of hydrogen-bond donors (Lipinski definition) is 0. The van der Waals surface area contributed by atoms with Crippen molar-refractivity contribution in [3.05, 3.63) is 58.4 Å². The number of nitrogens with zero attached hydrogens (tertiary/aromatic N) is 3. The van der Waals surface area contributed by atoms with Gasteiger partial charge in [0.15, 0.2) is 0 Å². The number of benzene rings is 2. The van der Waals surface area contributed by atoms with Crippen LogP contribution in [0.15, 0.2) is 40.9 Å². The molecule has 2 heterocycles. The molecule has 4 rings (SSSR count). The molecule has 2 aromatic carbocycles. The van der Waals surface area contributed by atoms with Gasteiger partial charge in [0.25, 0.3) is 0 Å². The molecular formula is C20H18ClN3O3. The van der Waals surface area contributed by atoms with Gasteiger partial charge in [0.05, 0.1) is 18.6 Å². The topological polar surface area (TPSA) is 68.5 Å². The number of carbonyl (C=O) groups is 1. The Morgan fingerprint density at radius 2 is 2.15 bits per heavy atom. The number of hydrogen-bond acceptors (Lipinski definition) is 5. The third-order valence-corrected chi connectivity index (χ3v) is 4.93. The average Bonchev–Trinajstić information content (AvgIpc) is 3.27. The van der Waals surface area contributed by atoms with E-state index >= 15 is 0 Å². The molecule has 27 heavy (non-hydrogen) atoms. The molecule has 0 radical (unpaired) electrons. The number of rotatable bonds is 4. The number of amides is 1. The van der Waals surface area contributed by atoms with Gasteiger partial charge in [0.2, 0.25) is 17.6 Å². The van der Waals surface area contributed by atoms with Crippen molar-refractivity contribution in [3.8, 4) is 17.1 Å². The van der Waals surface area contributed by atoms with E-state index in [1.165, 1.54) is 0 Å². The van der Waals surface area contributed by atoms with Crippen LogP contribution in [0, 0.1) is 6.92 Å². The van der Waals surface area contributed by atoms with Gasteiger partial charge in [-0.1, -0.05) is 22.8 Å². The zero-order valence-corrected chi connectivity index (χ0v) is 15.8. The van der Waals surface area contributed by atoms with E-state index < -0.39 is 0 Å². The standard InChI is InChI=1S/C20H18ClN3O3/c1-12-22-20(23-27-12)15-4-5-17-14(11-15)7-8-24(17)19(25)10-13-3-6-18(26-2)16(21)9-13/h3-6,9,11H,7-8,10H2,1-2H3. The van der Waals surface area contributed by atoms with Crippen LogP contribution in [-0.4, -0.2) is 29.7 Å². The van der Waals surface area contributed by atoms with Crippen LogP contribution in [-0.2, 0) is 17.6 Å². The predicted octanol–water partition coefficient (Wildman–Crippen LogP) is 3.84. The maximum absolute atomic E-state index is 12.8. The fraction of sp³-hybridized carbons (Fsp3) is 0.250. The maximum Gasteiger partial charge on any atom is 0.231 e. The Morgan fingerprint density at radius 1 is 1.30 bits per heavy atom. The summed E-state index contributed by atoms with van der Waals surface area (Å²) in [6.45, 7) is 2.42. The number of aryl methyl sites for hydroxylation is 1. The Morgan fingerprint density at radius 3 is 2.85 bits per heavy atom. The first-order chi connectivity index (χ1) is 13.0. The molecule has 1 aliphatic rings. The molecule has 3 aromatic rings. The molecular weight excluding hydrogens is 366 g/mol. The minimum atomic E-state index is 0.0399. The van der Waals surface area contributed by atoms with Gasteiger partial charge in [-0.15, -0.1) is 0 Å². The number of ether oxygens (including phenoxy) is 1. The van der Waals surface area contributed by atoms with Crippen molar-refractivity contribution in [2.45, 2.75) is 19.8 Å². The molecule has 7 heteroatoms. The van der Waals surface area contributed by atoms with Crippen LogP contribution in [0.25, 0.3) is 11.4 Å².